The van der Waals surface area contributed by atoms with Gasteiger partial charge in [0.05, 0.1) is 5.69 Å². The highest BCUT2D eigenvalue weighted by molar-refractivity contribution is 5.91. The first kappa shape index (κ1) is 14.3. The lowest BCUT2D eigenvalue weighted by atomic mass is 9.95. The first-order valence-electron chi connectivity index (χ1n) is 6.72. The van der Waals surface area contributed by atoms with E-state index in [9.17, 15) is 4.79 Å². The standard InChI is InChI=1S/C15H15NO2.CH5N/c1-3-10-9-11-6-7-13(17)18-15(11)12-5-4-8-16(2)14(10)12;1-2/h3,6-7,9H,1,4-5,8H2,2H3;2H2,1H3. The van der Waals surface area contributed by atoms with E-state index in [2.05, 4.69) is 24.3 Å². The minimum atomic E-state index is -0.288. The molecule has 106 valence electrons. The molecular weight excluding hydrogens is 252 g/mol. The molecule has 20 heavy (non-hydrogen) atoms. The van der Waals surface area contributed by atoms with Crippen LogP contribution in [-0.4, -0.2) is 20.6 Å². The van der Waals surface area contributed by atoms with Gasteiger partial charge in [0.15, 0.2) is 0 Å². The van der Waals surface area contributed by atoms with Crippen molar-refractivity contribution < 1.29 is 4.42 Å². The zero-order valence-corrected chi connectivity index (χ0v) is 12.0. The number of anilines is 1. The summed E-state index contributed by atoms with van der Waals surface area (Å²) in [5, 5.41) is 0.971. The number of hydrogen-bond acceptors (Lipinski definition) is 4. The van der Waals surface area contributed by atoms with Crippen LogP contribution in [0.2, 0.25) is 0 Å². The molecule has 2 aromatic rings. The highest BCUT2D eigenvalue weighted by atomic mass is 16.4. The molecule has 0 atom stereocenters. The summed E-state index contributed by atoms with van der Waals surface area (Å²) in [4.78, 5) is 13.6. The molecule has 2 N–H and O–H groups in total. The third kappa shape index (κ3) is 2.34. The van der Waals surface area contributed by atoms with E-state index >= 15 is 0 Å². The summed E-state index contributed by atoms with van der Waals surface area (Å²) in [6, 6.07) is 5.32. The summed E-state index contributed by atoms with van der Waals surface area (Å²) in [5.74, 6) is 0. The van der Waals surface area contributed by atoms with Crippen LogP contribution in [0.25, 0.3) is 17.0 Å². The number of nitrogens with zero attached hydrogens (tertiary/aromatic N) is 1. The quantitative estimate of drug-likeness (QED) is 0.810. The van der Waals surface area contributed by atoms with Crippen LogP contribution in [0.1, 0.15) is 17.5 Å². The molecule has 0 unspecified atom stereocenters. The van der Waals surface area contributed by atoms with Crippen molar-refractivity contribution >= 4 is 22.7 Å². The van der Waals surface area contributed by atoms with Gasteiger partial charge in [-0.3, -0.25) is 0 Å². The second-order valence-corrected chi connectivity index (χ2v) is 4.69. The maximum absolute atomic E-state index is 11.4. The molecule has 0 aliphatic carbocycles. The van der Waals surface area contributed by atoms with Crippen LogP contribution in [0.15, 0.2) is 34.0 Å². The predicted octanol–water partition coefficient (Wildman–Crippen LogP) is 2.39. The smallest absolute Gasteiger partial charge is 0.336 e. The van der Waals surface area contributed by atoms with Crippen molar-refractivity contribution in [2.75, 3.05) is 25.5 Å². The maximum atomic E-state index is 11.4. The molecule has 0 bridgehead atoms. The topological polar surface area (TPSA) is 59.5 Å². The summed E-state index contributed by atoms with van der Waals surface area (Å²) in [7, 11) is 3.57. The van der Waals surface area contributed by atoms with Crippen LogP contribution >= 0.6 is 0 Å². The van der Waals surface area contributed by atoms with Crippen LogP contribution < -0.4 is 16.3 Å². The Balaban J connectivity index is 0.000000704. The van der Waals surface area contributed by atoms with Gasteiger partial charge in [0.1, 0.15) is 5.58 Å². The summed E-state index contributed by atoms with van der Waals surface area (Å²) < 4.78 is 5.39. The van der Waals surface area contributed by atoms with Gasteiger partial charge in [-0.2, -0.15) is 0 Å². The fraction of sp³-hybridized carbons (Fsp3) is 0.312. The fourth-order valence-corrected chi connectivity index (χ4v) is 2.74. The largest absolute Gasteiger partial charge is 0.422 e. The molecule has 2 heterocycles. The van der Waals surface area contributed by atoms with Gasteiger partial charge in [-0.15, -0.1) is 0 Å². The summed E-state index contributed by atoms with van der Waals surface area (Å²) in [5.41, 5.74) is 8.33. The molecule has 1 aromatic carbocycles. The minimum absolute atomic E-state index is 0.288. The molecule has 1 aliphatic rings. The third-order valence-corrected chi connectivity index (χ3v) is 3.53. The fourth-order valence-electron chi connectivity index (χ4n) is 2.74. The van der Waals surface area contributed by atoms with E-state index in [1.165, 1.54) is 13.1 Å². The van der Waals surface area contributed by atoms with Gasteiger partial charge < -0.3 is 15.1 Å². The van der Waals surface area contributed by atoms with E-state index in [4.69, 9.17) is 4.42 Å². The Kier molecular flexibility index (Phi) is 4.25. The van der Waals surface area contributed by atoms with Crippen molar-refractivity contribution in [1.82, 2.24) is 0 Å². The van der Waals surface area contributed by atoms with E-state index in [1.54, 1.807) is 0 Å². The Bertz CT molecular complexity index is 689. The maximum Gasteiger partial charge on any atom is 0.336 e. The molecule has 0 saturated carbocycles. The van der Waals surface area contributed by atoms with Crippen molar-refractivity contribution in [3.05, 3.63) is 46.3 Å². The van der Waals surface area contributed by atoms with E-state index in [0.717, 1.165) is 47.2 Å². The van der Waals surface area contributed by atoms with Gasteiger partial charge in [0, 0.05) is 30.6 Å². The average molecular weight is 272 g/mol. The number of nitrogens with two attached hydrogens (primary N) is 1. The van der Waals surface area contributed by atoms with E-state index in [1.807, 2.05) is 18.2 Å². The second-order valence-electron chi connectivity index (χ2n) is 4.69. The Hall–Kier alpha value is -2.07. The molecule has 1 aliphatic heterocycles. The number of fused-ring (bicyclic) bond motifs is 3. The van der Waals surface area contributed by atoms with Crippen molar-refractivity contribution in [1.29, 1.82) is 0 Å². The van der Waals surface area contributed by atoms with Crippen molar-refractivity contribution in [3.8, 4) is 0 Å². The number of aryl methyl sites for hydroxylation is 1. The first-order valence-corrected chi connectivity index (χ1v) is 6.72. The van der Waals surface area contributed by atoms with Crippen molar-refractivity contribution in [2.24, 2.45) is 5.73 Å². The van der Waals surface area contributed by atoms with Gasteiger partial charge in [-0.25, -0.2) is 4.79 Å². The molecule has 0 amide bonds. The summed E-state index contributed by atoms with van der Waals surface area (Å²) in [6.45, 7) is 4.90. The number of hydrogen-bond donors (Lipinski definition) is 1. The lowest BCUT2D eigenvalue weighted by molar-refractivity contribution is 0.554. The third-order valence-electron chi connectivity index (χ3n) is 3.53. The Labute approximate surface area is 118 Å². The van der Waals surface area contributed by atoms with Crippen LogP contribution in [0, 0.1) is 0 Å². The van der Waals surface area contributed by atoms with Crippen LogP contribution in [0.3, 0.4) is 0 Å². The molecule has 4 nitrogen and oxygen atoms in total. The predicted molar refractivity (Wildman–Crippen MR) is 84.3 cm³/mol. The minimum Gasteiger partial charge on any atom is -0.422 e. The SMILES string of the molecule is C=Cc1cc2ccc(=O)oc2c2c1N(C)CCC2.CN. The molecule has 0 spiro atoms. The number of benzene rings is 1. The van der Waals surface area contributed by atoms with Gasteiger partial charge in [0.2, 0.25) is 0 Å². The zero-order valence-electron chi connectivity index (χ0n) is 12.0. The van der Waals surface area contributed by atoms with Gasteiger partial charge >= 0.3 is 5.63 Å². The highest BCUT2D eigenvalue weighted by Crippen LogP contribution is 2.36. The number of rotatable bonds is 1. The molecule has 0 radical (unpaired) electrons. The normalized spacial score (nSPS) is 13.4. The van der Waals surface area contributed by atoms with E-state index in [0.29, 0.717) is 0 Å². The molecule has 0 saturated heterocycles. The monoisotopic (exact) mass is 272 g/mol. The lowest BCUT2D eigenvalue weighted by Crippen LogP contribution is -2.25. The average Bonchev–Trinajstić information content (AvgIpc) is 2.49. The molecule has 3 rings (SSSR count). The Morgan fingerprint density at radius 1 is 1.40 bits per heavy atom. The second kappa shape index (κ2) is 5.92. The molecule has 4 heteroatoms. The highest BCUT2D eigenvalue weighted by Gasteiger charge is 2.20. The summed E-state index contributed by atoms with van der Waals surface area (Å²) in [6.07, 6.45) is 3.90. The van der Waals surface area contributed by atoms with Gasteiger partial charge in [-0.05, 0) is 37.6 Å². The molecular formula is C16H20N2O2. The van der Waals surface area contributed by atoms with Crippen LogP contribution in [0.4, 0.5) is 5.69 Å². The van der Waals surface area contributed by atoms with E-state index < -0.39 is 0 Å². The van der Waals surface area contributed by atoms with E-state index in [-0.39, 0.29) is 5.63 Å². The van der Waals surface area contributed by atoms with Crippen molar-refractivity contribution in [2.45, 2.75) is 12.8 Å². The van der Waals surface area contributed by atoms with Crippen LogP contribution in [-0.2, 0) is 6.42 Å². The first-order chi connectivity index (χ1) is 9.70. The van der Waals surface area contributed by atoms with Gasteiger partial charge in [0.25, 0.3) is 0 Å². The van der Waals surface area contributed by atoms with Crippen LogP contribution in [0.5, 0.6) is 0 Å². The Morgan fingerprint density at radius 2 is 2.15 bits per heavy atom. The molecule has 1 aromatic heterocycles. The summed E-state index contributed by atoms with van der Waals surface area (Å²) >= 11 is 0. The van der Waals surface area contributed by atoms with Gasteiger partial charge in [-0.1, -0.05) is 12.7 Å². The zero-order chi connectivity index (χ0) is 14.7. The lowest BCUT2D eigenvalue weighted by Gasteiger charge is -2.29. The van der Waals surface area contributed by atoms with Crippen molar-refractivity contribution in [3.63, 3.8) is 0 Å². The Morgan fingerprint density at radius 3 is 2.85 bits per heavy atom. The molecule has 0 fully saturated rings.